The molecule has 0 bridgehead atoms. The summed E-state index contributed by atoms with van der Waals surface area (Å²) in [5.41, 5.74) is 0. The number of carboxylic acid groups (broad SMARTS) is 1. The quantitative estimate of drug-likeness (QED) is 0.207. The van der Waals surface area contributed by atoms with Crippen molar-refractivity contribution in [3.05, 3.63) is 12.2 Å². The molecule has 0 fully saturated rings. The number of hydrogen-bond acceptors (Lipinski definition) is 1. The Bertz CT molecular complexity index is 251. The second-order valence-corrected chi connectivity index (χ2v) is 5.73. The molecule has 0 saturated heterocycles. The first kappa shape index (κ1) is 28.0. The van der Waals surface area contributed by atoms with Gasteiger partial charge in [0.1, 0.15) is 0 Å². The predicted octanol–water partition coefficient (Wildman–Crippen LogP) is 2.31. The third-order valence-electron chi connectivity index (χ3n) is 3.65. The third kappa shape index (κ3) is 26.1. The summed E-state index contributed by atoms with van der Waals surface area (Å²) >= 11 is 0. The fraction of sp³-hybridized carbons (Fsp3) is 0.833. The molecular weight excluding hydrogens is 478 g/mol. The van der Waals surface area contributed by atoms with Gasteiger partial charge in [-0.3, -0.25) is 4.79 Å². The van der Waals surface area contributed by atoms with Gasteiger partial charge in [0, 0.05) is 6.42 Å². The topological polar surface area (TPSA) is 37.3 Å². The van der Waals surface area contributed by atoms with E-state index >= 15 is 0 Å². The molecule has 0 heterocycles. The molecule has 1 N–H and O–H groups in total. The standard InChI is InChI=1S/C18H34O2.Na.Pb.3H/c1-2-3-4-5-6-7-8-9-10-11-12-13-14-15-16-17-18(19)20;;;;;/h9-10H,2-8,11-17H2,1H3,(H,19,20);;;;;/q;+1;;;;-1/b10-9-;;;;;. The van der Waals surface area contributed by atoms with Gasteiger partial charge in [-0.2, -0.15) is 0 Å². The molecule has 0 rings (SSSR count). The Morgan fingerprint density at radius 2 is 1.23 bits per heavy atom. The molecule has 22 heavy (non-hydrogen) atoms. The zero-order chi connectivity index (χ0) is 14.9. The van der Waals surface area contributed by atoms with Crippen molar-refractivity contribution in [3.63, 3.8) is 0 Å². The molecule has 0 aliphatic heterocycles. The Labute approximate surface area is 181 Å². The number of aliphatic carboxylic acids is 1. The van der Waals surface area contributed by atoms with Gasteiger partial charge < -0.3 is 6.53 Å². The number of hydrogen-bond donors (Lipinski definition) is 1. The van der Waals surface area contributed by atoms with Crippen LogP contribution in [0.25, 0.3) is 0 Å². The van der Waals surface area contributed by atoms with E-state index in [9.17, 15) is 4.79 Å². The normalized spacial score (nSPS) is 10.2. The maximum absolute atomic E-state index is 10.3. The summed E-state index contributed by atoms with van der Waals surface area (Å²) in [5, 5.41) is 8.51. The minimum atomic E-state index is -0.664. The van der Waals surface area contributed by atoms with Gasteiger partial charge in [-0.15, -0.1) is 0 Å². The van der Waals surface area contributed by atoms with Crippen molar-refractivity contribution < 1.29 is 40.9 Å². The number of carbonyl (C=O) groups is 1. The molecule has 2 nitrogen and oxygen atoms in total. The van der Waals surface area contributed by atoms with Gasteiger partial charge in [-0.1, -0.05) is 70.4 Å². The van der Waals surface area contributed by atoms with Crippen molar-refractivity contribution in [2.45, 2.75) is 96.8 Å². The van der Waals surface area contributed by atoms with Gasteiger partial charge in [-0.05, 0) is 32.1 Å². The van der Waals surface area contributed by atoms with E-state index in [1.165, 1.54) is 70.6 Å². The summed E-state index contributed by atoms with van der Waals surface area (Å²) < 4.78 is 0. The summed E-state index contributed by atoms with van der Waals surface area (Å²) in [6.45, 7) is 2.26. The monoisotopic (exact) mass is 516 g/mol. The number of carboxylic acids is 1. The number of unbranched alkanes of at least 4 members (excludes halogenated alkanes) is 11. The van der Waals surface area contributed by atoms with Crippen LogP contribution in [-0.2, 0) is 4.79 Å². The molecule has 0 aromatic carbocycles. The zero-order valence-corrected chi connectivity index (χ0v) is 22.6. The van der Waals surface area contributed by atoms with E-state index in [4.69, 9.17) is 5.11 Å². The van der Waals surface area contributed by atoms with Crippen molar-refractivity contribution in [3.8, 4) is 0 Å². The molecular formula is C18H37NaO2Pb. The summed E-state index contributed by atoms with van der Waals surface area (Å²) in [6, 6.07) is 0. The van der Waals surface area contributed by atoms with E-state index in [2.05, 4.69) is 19.1 Å². The second kappa shape index (κ2) is 24.4. The van der Waals surface area contributed by atoms with Crippen LogP contribution in [-0.4, -0.2) is 38.4 Å². The molecule has 0 spiro atoms. The van der Waals surface area contributed by atoms with Crippen LogP contribution >= 0.6 is 0 Å². The molecule has 0 aliphatic carbocycles. The molecule has 0 amide bonds. The van der Waals surface area contributed by atoms with Crippen LogP contribution in [0.3, 0.4) is 0 Å². The van der Waals surface area contributed by atoms with E-state index in [0.717, 1.165) is 12.8 Å². The van der Waals surface area contributed by atoms with E-state index in [1.54, 1.807) is 0 Å². The molecule has 0 aromatic heterocycles. The van der Waals surface area contributed by atoms with Gasteiger partial charge in [-0.25, -0.2) is 0 Å². The third-order valence-corrected chi connectivity index (χ3v) is 3.65. The number of allylic oxidation sites excluding steroid dienone is 2. The van der Waals surface area contributed by atoms with Gasteiger partial charge in [0.2, 0.25) is 0 Å². The predicted molar refractivity (Wildman–Crippen MR) is 96.7 cm³/mol. The number of rotatable bonds is 15. The molecule has 4 heteroatoms. The van der Waals surface area contributed by atoms with Crippen LogP contribution in [0.4, 0.5) is 0 Å². The molecule has 2 radical (unpaired) electrons. The maximum atomic E-state index is 10.3. The van der Waals surface area contributed by atoms with Crippen molar-refractivity contribution in [2.24, 2.45) is 0 Å². The Morgan fingerprint density at radius 3 is 1.68 bits per heavy atom. The van der Waals surface area contributed by atoms with Gasteiger partial charge in [0.15, 0.2) is 0 Å². The molecule has 0 atom stereocenters. The summed E-state index contributed by atoms with van der Waals surface area (Å²) in [4.78, 5) is 10.3. The first-order valence-electron chi connectivity index (χ1n) is 8.64. The van der Waals surface area contributed by atoms with Crippen molar-refractivity contribution in [2.75, 3.05) is 0 Å². The first-order chi connectivity index (χ1) is 9.77. The van der Waals surface area contributed by atoms with Crippen molar-refractivity contribution in [1.29, 1.82) is 0 Å². The van der Waals surface area contributed by atoms with Crippen molar-refractivity contribution >= 4 is 33.3 Å². The minimum absolute atomic E-state index is 0. The fourth-order valence-electron chi connectivity index (χ4n) is 2.35. The van der Waals surface area contributed by atoms with E-state index in [1.807, 2.05) is 0 Å². The van der Waals surface area contributed by atoms with E-state index in [-0.39, 0.29) is 58.3 Å². The van der Waals surface area contributed by atoms with E-state index < -0.39 is 5.97 Å². The van der Waals surface area contributed by atoms with Crippen LogP contribution in [0.2, 0.25) is 0 Å². The Morgan fingerprint density at radius 1 is 0.818 bits per heavy atom. The summed E-state index contributed by atoms with van der Waals surface area (Å²) in [5.74, 6) is -0.664. The van der Waals surface area contributed by atoms with Crippen LogP contribution in [0.5, 0.6) is 0 Å². The molecule has 0 saturated carbocycles. The van der Waals surface area contributed by atoms with Gasteiger partial charge in [0.05, 0.1) is 0 Å². The Kier molecular flexibility index (Phi) is 31.0. The molecule has 0 aliphatic rings. The van der Waals surface area contributed by atoms with Crippen LogP contribution in [0, 0.1) is 0 Å². The van der Waals surface area contributed by atoms with Gasteiger partial charge >= 0.3 is 62.8 Å². The van der Waals surface area contributed by atoms with Crippen molar-refractivity contribution in [1.82, 2.24) is 0 Å². The SMILES string of the molecule is CCCCCCCC/C=C\CCCCCCCC(=O)O.[H-].[Na+].[PbH2]. The van der Waals surface area contributed by atoms with Crippen LogP contribution in [0.15, 0.2) is 12.2 Å². The van der Waals surface area contributed by atoms with Crippen LogP contribution in [0.1, 0.15) is 98.2 Å². The first-order valence-corrected chi connectivity index (χ1v) is 8.64. The Hall–Kier alpha value is 1.13. The molecule has 0 unspecified atom stereocenters. The molecule has 126 valence electrons. The average molecular weight is 516 g/mol. The van der Waals surface area contributed by atoms with Crippen LogP contribution < -0.4 is 29.6 Å². The molecule has 0 aromatic rings. The summed E-state index contributed by atoms with van der Waals surface area (Å²) in [6.07, 6.45) is 21.2. The fourth-order valence-corrected chi connectivity index (χ4v) is 2.35. The zero-order valence-electron chi connectivity index (χ0n) is 16.1. The average Bonchev–Trinajstić information content (AvgIpc) is 2.43. The van der Waals surface area contributed by atoms with E-state index in [0.29, 0.717) is 6.42 Å². The Balaban J connectivity index is -0.000000602. The second-order valence-electron chi connectivity index (χ2n) is 5.73. The van der Waals surface area contributed by atoms with Gasteiger partial charge in [0.25, 0.3) is 0 Å². The summed E-state index contributed by atoms with van der Waals surface area (Å²) in [7, 11) is 0.